The first-order valence-electron chi connectivity index (χ1n) is 11.4. The highest BCUT2D eigenvalue weighted by Crippen LogP contribution is 2.18. The van der Waals surface area contributed by atoms with E-state index in [1.807, 2.05) is 0 Å². The first kappa shape index (κ1) is 25.7. The third kappa shape index (κ3) is 13.0. The molecule has 1 rings (SSSR count). The SMILES string of the molecule is C=CC(=O)OCCCCCCCCCCCCCCCOc1ccccc1C(=O)O. The van der Waals surface area contributed by atoms with Crippen molar-refractivity contribution >= 4 is 11.9 Å². The molecule has 0 aliphatic heterocycles. The van der Waals surface area contributed by atoms with E-state index in [-0.39, 0.29) is 11.5 Å². The zero-order valence-electron chi connectivity index (χ0n) is 18.3. The van der Waals surface area contributed by atoms with Gasteiger partial charge in [0, 0.05) is 6.08 Å². The van der Waals surface area contributed by atoms with E-state index >= 15 is 0 Å². The Morgan fingerprint density at radius 3 is 1.73 bits per heavy atom. The number of carbonyl (C=O) groups excluding carboxylic acids is 1. The average Bonchev–Trinajstić information content (AvgIpc) is 2.75. The van der Waals surface area contributed by atoms with Gasteiger partial charge in [0.15, 0.2) is 0 Å². The van der Waals surface area contributed by atoms with Crippen LogP contribution in [0.3, 0.4) is 0 Å². The van der Waals surface area contributed by atoms with Gasteiger partial charge in [-0.1, -0.05) is 89.3 Å². The molecule has 0 amide bonds. The molecular weight excluding hydrogens is 380 g/mol. The average molecular weight is 419 g/mol. The molecule has 5 nitrogen and oxygen atoms in total. The maximum atomic E-state index is 11.1. The first-order chi connectivity index (χ1) is 14.6. The summed E-state index contributed by atoms with van der Waals surface area (Å²) in [5.41, 5.74) is 0.228. The molecular formula is C25H38O5. The van der Waals surface area contributed by atoms with Crippen LogP contribution in [-0.2, 0) is 9.53 Å². The highest BCUT2D eigenvalue weighted by Gasteiger charge is 2.09. The number of carboxylic acids is 1. The van der Waals surface area contributed by atoms with Crippen LogP contribution >= 0.6 is 0 Å². The summed E-state index contributed by atoms with van der Waals surface area (Å²) in [6.07, 6.45) is 16.8. The van der Waals surface area contributed by atoms with Crippen LogP contribution in [0.15, 0.2) is 36.9 Å². The number of benzene rings is 1. The lowest BCUT2D eigenvalue weighted by atomic mass is 10.0. The topological polar surface area (TPSA) is 72.8 Å². The smallest absolute Gasteiger partial charge is 0.339 e. The zero-order chi connectivity index (χ0) is 21.9. The molecule has 30 heavy (non-hydrogen) atoms. The van der Waals surface area contributed by atoms with Gasteiger partial charge in [0.2, 0.25) is 0 Å². The summed E-state index contributed by atoms with van der Waals surface area (Å²) in [6.45, 7) is 4.45. The summed E-state index contributed by atoms with van der Waals surface area (Å²) in [4.78, 5) is 22.0. The molecule has 0 bridgehead atoms. The van der Waals surface area contributed by atoms with E-state index in [4.69, 9.17) is 14.6 Å². The normalized spacial score (nSPS) is 10.5. The molecule has 0 fully saturated rings. The van der Waals surface area contributed by atoms with Crippen molar-refractivity contribution in [2.24, 2.45) is 0 Å². The summed E-state index contributed by atoms with van der Waals surface area (Å²) in [5, 5.41) is 9.13. The van der Waals surface area contributed by atoms with Gasteiger partial charge in [0.25, 0.3) is 0 Å². The summed E-state index contributed by atoms with van der Waals surface area (Å²) in [6, 6.07) is 6.79. The zero-order valence-corrected chi connectivity index (χ0v) is 18.3. The predicted octanol–water partition coefficient (Wildman–Crippen LogP) is 6.56. The second kappa shape index (κ2) is 17.5. The molecule has 1 N–H and O–H groups in total. The van der Waals surface area contributed by atoms with Crippen LogP contribution < -0.4 is 4.74 Å². The molecule has 0 unspecified atom stereocenters. The molecule has 168 valence electrons. The minimum absolute atomic E-state index is 0.228. The molecule has 0 atom stereocenters. The van der Waals surface area contributed by atoms with Crippen LogP contribution in [0.1, 0.15) is 93.8 Å². The second-order valence-electron chi connectivity index (χ2n) is 7.62. The summed E-state index contributed by atoms with van der Waals surface area (Å²) >= 11 is 0. The summed E-state index contributed by atoms with van der Waals surface area (Å²) < 4.78 is 10.6. The molecule has 1 aromatic carbocycles. The largest absolute Gasteiger partial charge is 0.493 e. The van der Waals surface area contributed by atoms with Gasteiger partial charge in [-0.05, 0) is 25.0 Å². The minimum Gasteiger partial charge on any atom is -0.493 e. The number of carbonyl (C=O) groups is 2. The lowest BCUT2D eigenvalue weighted by Gasteiger charge is -2.08. The van der Waals surface area contributed by atoms with E-state index in [1.165, 1.54) is 63.9 Å². The van der Waals surface area contributed by atoms with Crippen LogP contribution in [0.25, 0.3) is 0 Å². The molecule has 0 radical (unpaired) electrons. The number of hydrogen-bond acceptors (Lipinski definition) is 4. The van der Waals surface area contributed by atoms with Crippen LogP contribution in [-0.4, -0.2) is 30.3 Å². The monoisotopic (exact) mass is 418 g/mol. The van der Waals surface area contributed by atoms with Crippen molar-refractivity contribution in [1.82, 2.24) is 0 Å². The van der Waals surface area contributed by atoms with E-state index in [9.17, 15) is 9.59 Å². The Balaban J connectivity index is 1.82. The number of esters is 1. The standard InChI is InChI=1S/C25H38O5/c1-2-24(26)30-21-17-13-11-9-7-5-3-4-6-8-10-12-16-20-29-23-19-15-14-18-22(23)25(27)28/h2,14-15,18-19H,1,3-13,16-17,20-21H2,(H,27,28). The molecule has 0 saturated heterocycles. The molecule has 0 aliphatic carbocycles. The highest BCUT2D eigenvalue weighted by molar-refractivity contribution is 5.90. The summed E-state index contributed by atoms with van der Waals surface area (Å²) in [7, 11) is 0. The van der Waals surface area contributed by atoms with Crippen molar-refractivity contribution in [1.29, 1.82) is 0 Å². The number of aromatic carboxylic acids is 1. The highest BCUT2D eigenvalue weighted by atomic mass is 16.5. The van der Waals surface area contributed by atoms with Gasteiger partial charge in [-0.15, -0.1) is 0 Å². The molecule has 0 saturated carbocycles. The third-order valence-corrected chi connectivity index (χ3v) is 5.07. The van der Waals surface area contributed by atoms with Crippen LogP contribution in [0.5, 0.6) is 5.75 Å². The first-order valence-corrected chi connectivity index (χ1v) is 11.4. The van der Waals surface area contributed by atoms with E-state index in [2.05, 4.69) is 6.58 Å². The Morgan fingerprint density at radius 1 is 0.767 bits per heavy atom. The maximum Gasteiger partial charge on any atom is 0.339 e. The van der Waals surface area contributed by atoms with Crippen molar-refractivity contribution in [3.63, 3.8) is 0 Å². The number of rotatable bonds is 19. The number of para-hydroxylation sites is 1. The van der Waals surface area contributed by atoms with Gasteiger partial charge in [0.05, 0.1) is 13.2 Å². The molecule has 0 spiro atoms. The van der Waals surface area contributed by atoms with Crippen molar-refractivity contribution < 1.29 is 24.2 Å². The van der Waals surface area contributed by atoms with Crippen LogP contribution in [0.2, 0.25) is 0 Å². The van der Waals surface area contributed by atoms with Gasteiger partial charge in [-0.2, -0.15) is 0 Å². The van der Waals surface area contributed by atoms with E-state index in [0.29, 0.717) is 19.0 Å². The third-order valence-electron chi connectivity index (χ3n) is 5.07. The Hall–Kier alpha value is -2.30. The van der Waals surface area contributed by atoms with Gasteiger partial charge in [-0.3, -0.25) is 0 Å². The van der Waals surface area contributed by atoms with Crippen LogP contribution in [0.4, 0.5) is 0 Å². The fourth-order valence-electron chi connectivity index (χ4n) is 3.33. The number of ether oxygens (including phenoxy) is 2. The Kier molecular flexibility index (Phi) is 15.1. The Morgan fingerprint density at radius 2 is 1.23 bits per heavy atom. The maximum absolute atomic E-state index is 11.1. The number of hydrogen-bond donors (Lipinski definition) is 1. The lowest BCUT2D eigenvalue weighted by molar-refractivity contribution is -0.137. The van der Waals surface area contributed by atoms with E-state index in [0.717, 1.165) is 25.7 Å². The van der Waals surface area contributed by atoms with Gasteiger partial charge >= 0.3 is 11.9 Å². The van der Waals surface area contributed by atoms with Crippen molar-refractivity contribution in [3.05, 3.63) is 42.5 Å². The Bertz CT molecular complexity index is 611. The van der Waals surface area contributed by atoms with Gasteiger partial charge < -0.3 is 14.6 Å². The van der Waals surface area contributed by atoms with Gasteiger partial charge in [0.1, 0.15) is 11.3 Å². The number of unbranched alkanes of at least 4 members (excludes halogenated alkanes) is 12. The van der Waals surface area contributed by atoms with Crippen molar-refractivity contribution in [3.8, 4) is 5.75 Å². The summed E-state index contributed by atoms with van der Waals surface area (Å²) in [5.74, 6) is -0.817. The second-order valence-corrected chi connectivity index (χ2v) is 7.62. The van der Waals surface area contributed by atoms with Crippen molar-refractivity contribution in [2.75, 3.05) is 13.2 Å². The van der Waals surface area contributed by atoms with E-state index in [1.54, 1.807) is 24.3 Å². The molecule has 5 heteroatoms. The number of carboxylic acid groups (broad SMARTS) is 1. The quantitative estimate of drug-likeness (QED) is 0.156. The predicted molar refractivity (Wildman–Crippen MR) is 120 cm³/mol. The molecule has 1 aromatic rings. The molecule has 0 aliphatic rings. The van der Waals surface area contributed by atoms with Crippen LogP contribution in [0, 0.1) is 0 Å². The minimum atomic E-state index is -0.947. The fourth-order valence-corrected chi connectivity index (χ4v) is 3.33. The lowest BCUT2D eigenvalue weighted by Crippen LogP contribution is -2.04. The van der Waals surface area contributed by atoms with Crippen molar-refractivity contribution in [2.45, 2.75) is 83.5 Å². The van der Waals surface area contributed by atoms with Gasteiger partial charge in [-0.25, -0.2) is 9.59 Å². The fraction of sp³-hybridized carbons (Fsp3) is 0.600. The molecule has 0 heterocycles. The van der Waals surface area contributed by atoms with E-state index < -0.39 is 5.97 Å². The molecule has 0 aromatic heterocycles. The Labute approximate surface area is 181 Å².